The fourth-order valence-corrected chi connectivity index (χ4v) is 2.87. The third-order valence-electron chi connectivity index (χ3n) is 4.33. The van der Waals surface area contributed by atoms with E-state index in [4.69, 9.17) is 4.74 Å². The standard InChI is InChI=1S/C21H20FN7O.HI/c1-23-21(26-14-19-28-27-18-9-2-3-11-29(18)19)25-13-15-6-5-10-24-20(15)30-17-8-4-7-16(22)12-17;/h2-12H,13-14H2,1H3,(H2,23,25,26);1H. The average molecular weight is 533 g/mol. The predicted octanol–water partition coefficient (Wildman–Crippen LogP) is 3.54. The summed E-state index contributed by atoms with van der Waals surface area (Å²) in [5.41, 5.74) is 1.59. The summed E-state index contributed by atoms with van der Waals surface area (Å²) in [6.07, 6.45) is 3.54. The lowest BCUT2D eigenvalue weighted by Crippen LogP contribution is -2.36. The highest BCUT2D eigenvalue weighted by Crippen LogP contribution is 2.23. The van der Waals surface area contributed by atoms with Crippen LogP contribution in [-0.4, -0.2) is 32.6 Å². The lowest BCUT2D eigenvalue weighted by molar-refractivity contribution is 0.450. The van der Waals surface area contributed by atoms with Crippen molar-refractivity contribution < 1.29 is 9.13 Å². The molecule has 0 aliphatic carbocycles. The van der Waals surface area contributed by atoms with E-state index in [-0.39, 0.29) is 29.8 Å². The summed E-state index contributed by atoms with van der Waals surface area (Å²) in [5.74, 6) is 1.77. The largest absolute Gasteiger partial charge is 0.439 e. The van der Waals surface area contributed by atoms with E-state index >= 15 is 0 Å². The van der Waals surface area contributed by atoms with Crippen LogP contribution in [0.25, 0.3) is 5.65 Å². The van der Waals surface area contributed by atoms with Crippen molar-refractivity contribution in [1.29, 1.82) is 0 Å². The molecule has 0 fully saturated rings. The van der Waals surface area contributed by atoms with E-state index in [1.807, 2.05) is 40.9 Å². The molecule has 0 saturated carbocycles. The Kier molecular flexibility index (Phi) is 7.70. The first kappa shape index (κ1) is 22.4. The third kappa shape index (κ3) is 5.66. The Morgan fingerprint density at radius 3 is 2.77 bits per heavy atom. The van der Waals surface area contributed by atoms with Crippen molar-refractivity contribution in [3.05, 3.63) is 84.2 Å². The maximum atomic E-state index is 13.4. The Hall–Kier alpha value is -3.28. The second kappa shape index (κ2) is 10.7. The Labute approximate surface area is 195 Å². The van der Waals surface area contributed by atoms with Crippen LogP contribution in [0, 0.1) is 5.82 Å². The number of nitrogens with one attached hydrogen (secondary N) is 2. The quantitative estimate of drug-likeness (QED) is 0.224. The number of pyridine rings is 2. The van der Waals surface area contributed by atoms with Gasteiger partial charge in [0.1, 0.15) is 11.6 Å². The molecule has 0 amide bonds. The average Bonchev–Trinajstić information content (AvgIpc) is 3.18. The minimum atomic E-state index is -0.367. The predicted molar refractivity (Wildman–Crippen MR) is 126 cm³/mol. The summed E-state index contributed by atoms with van der Waals surface area (Å²) in [7, 11) is 1.69. The number of nitrogens with zero attached hydrogens (tertiary/aromatic N) is 5. The number of hydrogen-bond acceptors (Lipinski definition) is 5. The van der Waals surface area contributed by atoms with Gasteiger partial charge in [-0.05, 0) is 30.3 Å². The summed E-state index contributed by atoms with van der Waals surface area (Å²) in [4.78, 5) is 8.50. The van der Waals surface area contributed by atoms with Crippen molar-refractivity contribution in [3.63, 3.8) is 0 Å². The minimum absolute atomic E-state index is 0. The number of halogens is 2. The van der Waals surface area contributed by atoms with E-state index in [1.54, 1.807) is 25.4 Å². The van der Waals surface area contributed by atoms with Gasteiger partial charge in [-0.2, -0.15) is 0 Å². The van der Waals surface area contributed by atoms with Gasteiger partial charge in [-0.25, -0.2) is 9.37 Å². The highest BCUT2D eigenvalue weighted by molar-refractivity contribution is 14.0. The Morgan fingerprint density at radius 1 is 1.06 bits per heavy atom. The van der Waals surface area contributed by atoms with E-state index in [0.29, 0.717) is 30.7 Å². The normalized spacial score (nSPS) is 11.1. The van der Waals surface area contributed by atoms with Crippen LogP contribution in [0.2, 0.25) is 0 Å². The van der Waals surface area contributed by atoms with Crippen LogP contribution in [0.3, 0.4) is 0 Å². The first-order chi connectivity index (χ1) is 14.7. The lowest BCUT2D eigenvalue weighted by Gasteiger charge is -2.13. The summed E-state index contributed by atoms with van der Waals surface area (Å²) >= 11 is 0. The fourth-order valence-electron chi connectivity index (χ4n) is 2.87. The molecule has 2 N–H and O–H groups in total. The zero-order valence-electron chi connectivity index (χ0n) is 16.7. The van der Waals surface area contributed by atoms with E-state index in [0.717, 1.165) is 17.0 Å². The van der Waals surface area contributed by atoms with E-state index in [2.05, 4.69) is 30.8 Å². The molecule has 8 nitrogen and oxygen atoms in total. The Morgan fingerprint density at radius 2 is 1.94 bits per heavy atom. The number of fused-ring (bicyclic) bond motifs is 1. The second-order valence-corrected chi connectivity index (χ2v) is 6.35. The van der Waals surface area contributed by atoms with Gasteiger partial charge >= 0.3 is 0 Å². The van der Waals surface area contributed by atoms with Crippen LogP contribution in [0.4, 0.5) is 4.39 Å². The SMILES string of the molecule is CN=C(NCc1cccnc1Oc1cccc(F)c1)NCc1nnc2ccccn12.I. The van der Waals surface area contributed by atoms with Crippen molar-refractivity contribution in [2.24, 2.45) is 4.99 Å². The molecule has 0 spiro atoms. The number of aliphatic imine (C=N–C) groups is 1. The minimum Gasteiger partial charge on any atom is -0.439 e. The molecule has 3 heterocycles. The molecule has 31 heavy (non-hydrogen) atoms. The molecule has 4 aromatic rings. The van der Waals surface area contributed by atoms with Crippen molar-refractivity contribution in [2.75, 3.05) is 7.05 Å². The topological polar surface area (TPSA) is 88.7 Å². The van der Waals surface area contributed by atoms with Crippen LogP contribution >= 0.6 is 24.0 Å². The smallest absolute Gasteiger partial charge is 0.224 e. The van der Waals surface area contributed by atoms with Gasteiger partial charge in [0, 0.05) is 37.6 Å². The number of rotatable bonds is 6. The zero-order valence-corrected chi connectivity index (χ0v) is 19.0. The molecule has 0 aliphatic rings. The molecule has 0 unspecified atom stereocenters. The van der Waals surface area contributed by atoms with Crippen LogP contribution in [-0.2, 0) is 13.1 Å². The Bertz CT molecular complexity index is 1180. The highest BCUT2D eigenvalue weighted by atomic mass is 127. The summed E-state index contributed by atoms with van der Waals surface area (Å²) < 4.78 is 21.1. The van der Waals surface area contributed by atoms with Crippen molar-refractivity contribution in [3.8, 4) is 11.6 Å². The second-order valence-electron chi connectivity index (χ2n) is 6.35. The van der Waals surface area contributed by atoms with Crippen LogP contribution in [0.15, 0.2) is 72.0 Å². The van der Waals surface area contributed by atoms with Crippen molar-refractivity contribution >= 4 is 35.6 Å². The van der Waals surface area contributed by atoms with Gasteiger partial charge in [0.2, 0.25) is 5.88 Å². The number of benzene rings is 1. The van der Waals surface area contributed by atoms with E-state index in [9.17, 15) is 4.39 Å². The summed E-state index contributed by atoms with van der Waals surface area (Å²) in [6.45, 7) is 0.864. The molecule has 4 rings (SSSR count). The monoisotopic (exact) mass is 533 g/mol. The molecule has 0 saturated heterocycles. The third-order valence-corrected chi connectivity index (χ3v) is 4.33. The van der Waals surface area contributed by atoms with Crippen LogP contribution in [0.1, 0.15) is 11.4 Å². The molecule has 0 atom stereocenters. The maximum Gasteiger partial charge on any atom is 0.224 e. The van der Waals surface area contributed by atoms with Crippen LogP contribution in [0.5, 0.6) is 11.6 Å². The molecule has 160 valence electrons. The molecule has 1 aromatic carbocycles. The molecular formula is C21H21FIN7O. The summed E-state index contributed by atoms with van der Waals surface area (Å²) in [5, 5.41) is 14.8. The van der Waals surface area contributed by atoms with Gasteiger partial charge in [0.05, 0.1) is 6.54 Å². The molecule has 10 heteroatoms. The number of aromatic nitrogens is 4. The number of ether oxygens (including phenoxy) is 1. The van der Waals surface area contributed by atoms with E-state index < -0.39 is 0 Å². The van der Waals surface area contributed by atoms with Crippen molar-refractivity contribution in [1.82, 2.24) is 30.2 Å². The molecule has 0 radical (unpaired) electrons. The first-order valence-electron chi connectivity index (χ1n) is 9.33. The lowest BCUT2D eigenvalue weighted by atomic mass is 10.2. The van der Waals surface area contributed by atoms with Crippen LogP contribution < -0.4 is 15.4 Å². The van der Waals surface area contributed by atoms with Gasteiger partial charge in [-0.3, -0.25) is 9.39 Å². The summed E-state index contributed by atoms with van der Waals surface area (Å²) in [6, 6.07) is 15.4. The van der Waals surface area contributed by atoms with Crippen molar-refractivity contribution in [2.45, 2.75) is 13.1 Å². The fraction of sp³-hybridized carbons (Fsp3) is 0.143. The Balaban J connectivity index is 0.00000272. The first-order valence-corrected chi connectivity index (χ1v) is 9.33. The van der Waals surface area contributed by atoms with Gasteiger partial charge in [-0.15, -0.1) is 34.2 Å². The van der Waals surface area contributed by atoms with Gasteiger partial charge in [-0.1, -0.05) is 18.2 Å². The highest BCUT2D eigenvalue weighted by Gasteiger charge is 2.09. The zero-order chi connectivity index (χ0) is 20.8. The van der Waals surface area contributed by atoms with Gasteiger partial charge in [0.15, 0.2) is 17.4 Å². The molecule has 3 aromatic heterocycles. The molecule has 0 aliphatic heterocycles. The number of hydrogen-bond donors (Lipinski definition) is 2. The van der Waals surface area contributed by atoms with Gasteiger partial charge < -0.3 is 15.4 Å². The maximum absolute atomic E-state index is 13.4. The molecule has 0 bridgehead atoms. The van der Waals surface area contributed by atoms with Gasteiger partial charge in [0.25, 0.3) is 0 Å². The molecular weight excluding hydrogens is 512 g/mol. The number of guanidine groups is 1. The van der Waals surface area contributed by atoms with E-state index in [1.165, 1.54) is 12.1 Å².